The van der Waals surface area contributed by atoms with Crippen LogP contribution in [0.25, 0.3) is 10.6 Å². The van der Waals surface area contributed by atoms with Gasteiger partial charge in [-0.15, -0.1) is 22.7 Å². The molecule has 3 aromatic rings. The molecule has 15 heteroatoms. The number of nitrogens with one attached hydrogen (secondary N) is 1. The number of carbonyl (C=O) groups excluding carboxylic acids is 2. The molecule has 2 amide bonds. The summed E-state index contributed by atoms with van der Waals surface area (Å²) >= 11 is 2.41. The first kappa shape index (κ1) is 24.6. The van der Waals surface area contributed by atoms with E-state index in [0.29, 0.717) is 22.0 Å². The molecule has 0 unspecified atom stereocenters. The minimum Gasteiger partial charge on any atom is -0.442 e. The normalized spacial score (nSPS) is 11.9. The van der Waals surface area contributed by atoms with Gasteiger partial charge in [-0.3, -0.25) is 4.79 Å². The summed E-state index contributed by atoms with van der Waals surface area (Å²) in [5.74, 6) is -0.487. The zero-order chi connectivity index (χ0) is 24.4. The topological polar surface area (TPSA) is 141 Å². The number of primary amides is 1. The molecule has 0 aliphatic rings. The van der Waals surface area contributed by atoms with Crippen LogP contribution in [-0.4, -0.2) is 35.9 Å². The number of ether oxygens (including phenoxy) is 1. The molecule has 3 rings (SSSR count). The monoisotopic (exact) mass is 520 g/mol. The van der Waals surface area contributed by atoms with Gasteiger partial charge in [-0.2, -0.15) is 13.2 Å². The minimum atomic E-state index is -5.45. The Balaban J connectivity index is 1.64. The number of amides is 2. The highest BCUT2D eigenvalue weighted by molar-refractivity contribution is 7.92. The largest absolute Gasteiger partial charge is 0.501 e. The molecule has 0 radical (unpaired) electrons. The number of thiazole rings is 2. The molecule has 0 spiro atoms. The number of benzene rings is 1. The number of rotatable bonds is 7. The van der Waals surface area contributed by atoms with Crippen molar-refractivity contribution in [2.45, 2.75) is 30.4 Å². The van der Waals surface area contributed by atoms with Gasteiger partial charge in [-0.05, 0) is 24.6 Å². The van der Waals surface area contributed by atoms with E-state index in [1.807, 2.05) is 0 Å². The Bertz CT molecular complexity index is 1280. The van der Waals surface area contributed by atoms with Gasteiger partial charge in [0.1, 0.15) is 11.6 Å². The van der Waals surface area contributed by atoms with Crippen LogP contribution in [0.3, 0.4) is 0 Å². The highest BCUT2D eigenvalue weighted by Gasteiger charge is 2.46. The molecular formula is C18H15F3N4O5S3. The first-order valence-corrected chi connectivity index (χ1v) is 12.1. The second kappa shape index (κ2) is 9.44. The molecule has 0 aliphatic carbocycles. The number of carbonyl (C=O) groups is 2. The maximum atomic E-state index is 12.6. The molecule has 9 nitrogen and oxygen atoms in total. The predicted octanol–water partition coefficient (Wildman–Crippen LogP) is 3.65. The van der Waals surface area contributed by atoms with Crippen molar-refractivity contribution in [3.8, 4) is 10.6 Å². The molecule has 0 fully saturated rings. The van der Waals surface area contributed by atoms with Crippen molar-refractivity contribution in [1.82, 2.24) is 9.97 Å². The molecule has 3 N–H and O–H groups in total. The van der Waals surface area contributed by atoms with E-state index in [0.717, 1.165) is 40.5 Å². The molecule has 2 aromatic heterocycles. The first-order valence-electron chi connectivity index (χ1n) is 8.91. The lowest BCUT2D eigenvalue weighted by molar-refractivity contribution is -0.115. The molecule has 0 atom stereocenters. The van der Waals surface area contributed by atoms with Gasteiger partial charge in [-0.1, -0.05) is 12.1 Å². The quantitative estimate of drug-likeness (QED) is 0.484. The lowest BCUT2D eigenvalue weighted by Crippen LogP contribution is -2.23. The Morgan fingerprint density at radius 1 is 1.18 bits per heavy atom. The second-order valence-corrected chi connectivity index (χ2v) is 10.4. The molecule has 176 valence electrons. The number of nitrogens with two attached hydrogens (primary N) is 1. The second-order valence-electron chi connectivity index (χ2n) is 6.49. The summed E-state index contributed by atoms with van der Waals surface area (Å²) in [6.45, 7) is 1.68. The average molecular weight is 521 g/mol. The maximum absolute atomic E-state index is 12.6. The van der Waals surface area contributed by atoms with Gasteiger partial charge in [0.25, 0.3) is 9.84 Å². The smallest absolute Gasteiger partial charge is 0.442 e. The van der Waals surface area contributed by atoms with Gasteiger partial charge < -0.3 is 15.8 Å². The Morgan fingerprint density at radius 2 is 1.85 bits per heavy atom. The Hall–Kier alpha value is -3.04. The molecule has 0 aliphatic heterocycles. The van der Waals surface area contributed by atoms with E-state index in [9.17, 15) is 31.2 Å². The number of halogens is 3. The third kappa shape index (κ3) is 5.85. The number of aryl methyl sites for hydroxylation is 1. The van der Waals surface area contributed by atoms with Crippen LogP contribution in [0.2, 0.25) is 0 Å². The molecule has 0 saturated carbocycles. The third-order valence-corrected chi connectivity index (χ3v) is 7.48. The number of sulfone groups is 1. The Morgan fingerprint density at radius 3 is 2.45 bits per heavy atom. The van der Waals surface area contributed by atoms with E-state index in [2.05, 4.69) is 15.3 Å². The molecule has 0 saturated heterocycles. The highest BCUT2D eigenvalue weighted by atomic mass is 32.2. The summed E-state index contributed by atoms with van der Waals surface area (Å²) in [7, 11) is -5.45. The average Bonchev–Trinajstić information content (AvgIpc) is 3.32. The molecule has 33 heavy (non-hydrogen) atoms. The summed E-state index contributed by atoms with van der Waals surface area (Å²) in [5.41, 5.74) is 1.06. The molecule has 2 heterocycles. The van der Waals surface area contributed by atoms with E-state index >= 15 is 0 Å². The number of aromatic nitrogens is 2. The lowest BCUT2D eigenvalue weighted by atomic mass is 10.1. The van der Waals surface area contributed by atoms with Gasteiger partial charge in [0.15, 0.2) is 5.13 Å². The van der Waals surface area contributed by atoms with Crippen molar-refractivity contribution in [3.05, 3.63) is 45.9 Å². The van der Waals surface area contributed by atoms with E-state index < -0.39 is 32.2 Å². The zero-order valence-corrected chi connectivity index (χ0v) is 19.1. The van der Waals surface area contributed by atoms with Crippen LogP contribution < -0.4 is 11.1 Å². The van der Waals surface area contributed by atoms with Crippen LogP contribution in [0.1, 0.15) is 16.3 Å². The fourth-order valence-corrected chi connectivity index (χ4v) is 5.08. The molecule has 0 bridgehead atoms. The fourth-order valence-electron chi connectivity index (χ4n) is 2.59. The first-order chi connectivity index (χ1) is 15.4. The van der Waals surface area contributed by atoms with Crippen molar-refractivity contribution in [2.24, 2.45) is 5.73 Å². The summed E-state index contributed by atoms with van der Waals surface area (Å²) in [6, 6.07) is 3.89. The Labute approximate surface area is 193 Å². The van der Waals surface area contributed by atoms with E-state index in [1.54, 1.807) is 12.3 Å². The van der Waals surface area contributed by atoms with Crippen LogP contribution in [0, 0.1) is 6.92 Å². The van der Waals surface area contributed by atoms with E-state index in [1.165, 1.54) is 11.3 Å². The number of hydrogen-bond donors (Lipinski definition) is 2. The zero-order valence-electron chi connectivity index (χ0n) is 16.7. The minimum absolute atomic E-state index is 0.0718. The SMILES string of the molecule is Cc1nc(COC(N)=O)sc1-c1csc(NC(=O)Cc2ccc(S(=O)(=O)C(F)(F)F)cc2)n1. The van der Waals surface area contributed by atoms with Crippen LogP contribution in [0.15, 0.2) is 34.5 Å². The number of anilines is 1. The van der Waals surface area contributed by atoms with Crippen molar-refractivity contribution >= 4 is 49.6 Å². The van der Waals surface area contributed by atoms with Gasteiger partial charge in [-0.25, -0.2) is 23.2 Å². The summed E-state index contributed by atoms with van der Waals surface area (Å²) < 4.78 is 65.3. The van der Waals surface area contributed by atoms with Gasteiger partial charge in [0.2, 0.25) is 5.91 Å². The van der Waals surface area contributed by atoms with Crippen LogP contribution in [0.4, 0.5) is 23.1 Å². The fraction of sp³-hybridized carbons (Fsp3) is 0.222. The number of alkyl halides is 3. The lowest BCUT2D eigenvalue weighted by Gasteiger charge is -2.08. The Kier molecular flexibility index (Phi) is 7.04. The summed E-state index contributed by atoms with van der Waals surface area (Å²) in [4.78, 5) is 31.4. The molecular weight excluding hydrogens is 505 g/mol. The van der Waals surface area contributed by atoms with Crippen LogP contribution in [0.5, 0.6) is 0 Å². The van der Waals surface area contributed by atoms with Crippen molar-refractivity contribution in [3.63, 3.8) is 0 Å². The van der Waals surface area contributed by atoms with Crippen LogP contribution in [-0.2, 0) is 32.4 Å². The van der Waals surface area contributed by atoms with Crippen molar-refractivity contribution in [2.75, 3.05) is 5.32 Å². The van der Waals surface area contributed by atoms with Gasteiger partial charge >= 0.3 is 11.6 Å². The van der Waals surface area contributed by atoms with Crippen molar-refractivity contribution < 1.29 is 35.9 Å². The predicted molar refractivity (Wildman–Crippen MR) is 114 cm³/mol. The summed E-state index contributed by atoms with van der Waals surface area (Å²) in [5, 5.41) is 5.09. The highest BCUT2D eigenvalue weighted by Crippen LogP contribution is 2.33. The maximum Gasteiger partial charge on any atom is 0.501 e. The van der Waals surface area contributed by atoms with E-state index in [4.69, 9.17) is 10.5 Å². The number of hydrogen-bond acceptors (Lipinski definition) is 9. The van der Waals surface area contributed by atoms with Gasteiger partial charge in [0.05, 0.1) is 27.6 Å². The van der Waals surface area contributed by atoms with E-state index in [-0.39, 0.29) is 18.2 Å². The standard InChI is InChI=1S/C18H15F3N4O5S3/c1-9-15(32-14(23-9)7-30-16(22)27)12-8-31-17(24-12)25-13(26)6-10-2-4-11(5-3-10)33(28,29)18(19,20)21/h2-5,8H,6-7H2,1H3,(H2,22,27)(H,24,25,26). The third-order valence-electron chi connectivity index (χ3n) is 4.07. The number of nitrogens with zero attached hydrogens (tertiary/aromatic N) is 2. The molecule has 1 aromatic carbocycles. The van der Waals surface area contributed by atoms with Gasteiger partial charge in [0, 0.05) is 5.38 Å². The van der Waals surface area contributed by atoms with Crippen molar-refractivity contribution in [1.29, 1.82) is 0 Å². The van der Waals surface area contributed by atoms with Crippen LogP contribution >= 0.6 is 22.7 Å². The summed E-state index contributed by atoms with van der Waals surface area (Å²) in [6.07, 6.45) is -1.12.